The van der Waals surface area contributed by atoms with E-state index in [1.165, 1.54) is 61.2 Å². The molecule has 3 atom stereocenters. The Morgan fingerprint density at radius 2 is 0.962 bits per heavy atom. The van der Waals surface area contributed by atoms with E-state index in [4.69, 9.17) is 32.1 Å². The topological polar surface area (TPSA) is 170 Å². The second kappa shape index (κ2) is 57.6. The van der Waals surface area contributed by atoms with Crippen molar-refractivity contribution in [2.24, 2.45) is 0 Å². The molecule has 13 nitrogen and oxygen atoms in total. The Hall–Kier alpha value is -7.56. The molecule has 0 bridgehead atoms. The number of aromatic nitrogens is 5. The van der Waals surface area contributed by atoms with Crippen LogP contribution in [0, 0.1) is 6.92 Å². The number of benzene rings is 5. The summed E-state index contributed by atoms with van der Waals surface area (Å²) in [7, 11) is 7.36. The fraction of sp³-hybridized carbons (Fsp3) is 0.200. The summed E-state index contributed by atoms with van der Waals surface area (Å²) < 4.78 is 17.5. The standard InChI is InChI=1S/C17H17N3O3.2C16H16ClN.C16H17NO.C10H11Br.C6H5NO.C4H9.Cl2OS.Li.Na.H/c1-2-9-19-12-18-20-10-8-14(21)16(15(20)17(19)22)23-11-13-6-4-3-5-7-13;2*1-2-3-6-13-7-4-5-8-15(13)16(17)14-9-11-18-12-10-14;1-2-3-6-13-7-4-5-8-15(13)16(18)14-9-11-17-12-10-14;1-2-3-6-9-7-4-5-8-10(9)11;8-5-6-1-3-7-4-2-6;1-3-4-2;1-4(2)3;;;/h2-8,10,18H,1,9,11-12H2;2*2,4-5,7-12,16H,1,3,6H2;2,4-5,7-12,16,18H,1,3,6H2;2,4-5,7-8H,1,3,6H2;1-5H;1,3-4H2,2H3;;;;/q;;;;;;-1;;2*+1;-1. The van der Waals surface area contributed by atoms with Gasteiger partial charge in [-0.05, 0) is 167 Å². The average Bonchev–Trinajstić information content (AvgIpc) is 0.781. The molecule has 5 aromatic carbocycles. The number of rotatable bonds is 25. The van der Waals surface area contributed by atoms with Gasteiger partial charge in [0.1, 0.15) is 25.7 Å². The van der Waals surface area contributed by atoms with E-state index in [-0.39, 0.29) is 90.0 Å². The Morgan fingerprint density at radius 3 is 1.37 bits per heavy atom. The third-order valence-electron chi connectivity index (χ3n) is 15.2. The third-order valence-corrected chi connectivity index (χ3v) is 16.9. The van der Waals surface area contributed by atoms with Crippen LogP contribution in [0.3, 0.4) is 0 Å². The normalized spacial score (nSPS) is 11.3. The second-order valence-electron chi connectivity index (χ2n) is 22.5. The number of ether oxygens (including phenoxy) is 1. The summed E-state index contributed by atoms with van der Waals surface area (Å²) in [5.74, 6) is -0.202. The molecule has 1 aliphatic heterocycles. The van der Waals surface area contributed by atoms with Crippen LogP contribution in [0.5, 0.6) is 5.75 Å². The van der Waals surface area contributed by atoms with Crippen LogP contribution in [0.4, 0.5) is 0 Å². The molecule has 106 heavy (non-hydrogen) atoms. The van der Waals surface area contributed by atoms with Crippen LogP contribution in [-0.4, -0.2) is 64.2 Å². The van der Waals surface area contributed by atoms with Crippen LogP contribution in [0.15, 0.2) is 310 Å². The predicted octanol–water partition coefficient (Wildman–Crippen LogP) is 15.2. The number of fused-ring (bicyclic) bond motifs is 1. The quantitative estimate of drug-likeness (QED) is 0.0139. The van der Waals surface area contributed by atoms with Crippen LogP contribution in [0.1, 0.15) is 146 Å². The van der Waals surface area contributed by atoms with E-state index in [1.54, 1.807) is 72.7 Å². The van der Waals surface area contributed by atoms with Crippen molar-refractivity contribution >= 4 is 81.9 Å². The number of alkyl halides is 2. The number of allylic oxidation sites excluding steroid dienone is 4. The van der Waals surface area contributed by atoms with Crippen LogP contribution in [0.2, 0.25) is 0 Å². The van der Waals surface area contributed by atoms with Crippen LogP contribution in [-0.2, 0) is 41.5 Å². The molecule has 3 unspecified atom stereocenters. The number of hydrogen-bond donors (Lipinski definition) is 2. The zero-order valence-electron chi connectivity index (χ0n) is 61.6. The van der Waals surface area contributed by atoms with Crippen LogP contribution >= 0.6 is 60.5 Å². The maximum atomic E-state index is 12.6. The molecule has 6 heterocycles. The number of nitrogens with one attached hydrogen (secondary N) is 1. The van der Waals surface area contributed by atoms with Crippen molar-refractivity contribution in [2.75, 3.05) is 18.6 Å². The van der Waals surface area contributed by atoms with Gasteiger partial charge in [0.2, 0.25) is 14.7 Å². The van der Waals surface area contributed by atoms with Gasteiger partial charge in [-0.2, -0.15) is 6.42 Å². The Labute approximate surface area is 692 Å². The van der Waals surface area contributed by atoms with Crippen molar-refractivity contribution in [1.29, 1.82) is 0 Å². The smallest absolute Gasteiger partial charge is 1.00 e. The van der Waals surface area contributed by atoms with Gasteiger partial charge in [-0.1, -0.05) is 181 Å². The Morgan fingerprint density at radius 1 is 0.585 bits per heavy atom. The Kier molecular flexibility index (Phi) is 51.4. The van der Waals surface area contributed by atoms with Crippen molar-refractivity contribution in [1.82, 2.24) is 29.5 Å². The van der Waals surface area contributed by atoms with Gasteiger partial charge in [0.15, 0.2) is 11.4 Å². The first-order chi connectivity index (χ1) is 50.6. The van der Waals surface area contributed by atoms with Crippen molar-refractivity contribution in [2.45, 2.75) is 94.6 Å². The van der Waals surface area contributed by atoms with Gasteiger partial charge in [0.25, 0.3) is 5.91 Å². The van der Waals surface area contributed by atoms with Gasteiger partial charge >= 0.3 is 48.4 Å². The maximum Gasteiger partial charge on any atom is 1.00 e. The van der Waals surface area contributed by atoms with Gasteiger partial charge in [0.05, 0.1) is 10.8 Å². The van der Waals surface area contributed by atoms with Gasteiger partial charge in [-0.3, -0.25) is 39.0 Å². The molecule has 0 radical (unpaired) electrons. The van der Waals surface area contributed by atoms with E-state index in [2.05, 4.69) is 170 Å². The molecule has 21 heteroatoms. The summed E-state index contributed by atoms with van der Waals surface area (Å²) in [5, 5.41) is 10.2. The molecule has 11 rings (SSSR count). The number of pyridine rings is 5. The fourth-order valence-corrected chi connectivity index (χ4v) is 11.0. The summed E-state index contributed by atoms with van der Waals surface area (Å²) in [5.41, 5.74) is 16.0. The number of aryl methyl sites for hydroxylation is 4. The first-order valence-corrected chi connectivity index (χ1v) is 38.1. The number of unbranched alkanes of at least 4 members (excludes halogenated alkanes) is 1. The first-order valence-electron chi connectivity index (χ1n) is 33.6. The molecule has 0 fully saturated rings. The number of amides is 1. The third kappa shape index (κ3) is 35.4. The number of halogens is 5. The molecule has 0 saturated heterocycles. The Bertz CT molecular complexity index is 3990. The molecule has 546 valence electrons. The molecule has 1 aliphatic rings. The zero-order chi connectivity index (χ0) is 75.5. The number of carbonyl (C=O) groups excluding carboxylic acids is 2. The maximum absolute atomic E-state index is 12.6. The fourth-order valence-electron chi connectivity index (χ4n) is 9.78. The first kappa shape index (κ1) is 94.5. The second-order valence-corrected chi connectivity index (χ2v) is 26.8. The van der Waals surface area contributed by atoms with Gasteiger partial charge < -0.3 is 28.5 Å². The van der Waals surface area contributed by atoms with E-state index in [1.807, 2.05) is 127 Å². The van der Waals surface area contributed by atoms with E-state index < -0.39 is 15.3 Å². The van der Waals surface area contributed by atoms with Crippen molar-refractivity contribution in [3.05, 3.63) is 395 Å². The van der Waals surface area contributed by atoms with Crippen molar-refractivity contribution in [3.63, 3.8) is 0 Å². The number of aliphatic hydroxyl groups excluding tert-OH is 1. The van der Waals surface area contributed by atoms with Crippen molar-refractivity contribution < 1.29 is 73.5 Å². The number of aliphatic hydroxyl groups is 1. The number of carbonyl (C=O) groups is 2. The molecule has 1 amide bonds. The summed E-state index contributed by atoms with van der Waals surface area (Å²) in [6.07, 6.45) is 34.9. The summed E-state index contributed by atoms with van der Waals surface area (Å²) in [4.78, 5) is 52.0. The van der Waals surface area contributed by atoms with E-state index >= 15 is 0 Å². The van der Waals surface area contributed by atoms with E-state index in [0.717, 1.165) is 91.9 Å². The largest absolute Gasteiger partial charge is 1.00 e. The monoisotopic (exact) mass is 1590 g/mol. The van der Waals surface area contributed by atoms with Crippen molar-refractivity contribution in [3.8, 4) is 5.75 Å². The summed E-state index contributed by atoms with van der Waals surface area (Å²) in [6.45, 7) is 25.3. The minimum absolute atomic E-state index is 0. The molecule has 0 aliphatic carbocycles. The van der Waals surface area contributed by atoms with Crippen LogP contribution in [0.25, 0.3) is 0 Å². The zero-order valence-corrected chi connectivity index (χ0v) is 68.0. The minimum atomic E-state index is -1.67. The summed E-state index contributed by atoms with van der Waals surface area (Å²) >= 11 is 16.6. The molecule has 0 saturated carbocycles. The number of aldehydes is 1. The van der Waals surface area contributed by atoms with Gasteiger partial charge in [0, 0.05) is 99.8 Å². The SMILES string of the molecule is C=CCCc1ccccc1Br.C=CCCc1ccccc1C(Cl)c1ccncc1.C=CCCc1ccccc1C(Cl)c1ccncc1.C=CCCc1ccccc1C(O)c1ccncc1.C=CCN1CNn2ccc(=O)c(OCc3ccccc3)c2C1=O.O=Cc1ccncc1.O=S(Cl)Cl.[CH2-]CCC.[H-].[Li+].[Na+]. The minimum Gasteiger partial charge on any atom is -1.00 e. The predicted molar refractivity (Wildman–Crippen MR) is 437 cm³/mol. The van der Waals surface area contributed by atoms with Gasteiger partial charge in [-0.25, -0.2) is 4.21 Å². The van der Waals surface area contributed by atoms with E-state index in [9.17, 15) is 19.5 Å². The number of hydrogen-bond acceptors (Lipinski definition) is 11. The average molecular weight is 1590 g/mol. The van der Waals surface area contributed by atoms with Gasteiger partial charge in [-0.15, -0.1) is 56.1 Å². The van der Waals surface area contributed by atoms with Crippen LogP contribution < -0.4 is 64.0 Å². The van der Waals surface area contributed by atoms with E-state index in [0.29, 0.717) is 18.8 Å². The molecule has 10 aromatic rings. The molecular weight excluding hydrogens is 1500 g/mol. The molecule has 5 aromatic heterocycles. The number of nitrogens with zero attached hydrogens (tertiary/aromatic N) is 6. The molecular formula is C85H92BrCl4LiN7NaO6S. The summed E-state index contributed by atoms with van der Waals surface area (Å²) in [6, 6.07) is 58.6. The molecule has 0 spiro atoms. The Balaban J connectivity index is 0.000000638. The molecule has 2 N–H and O–H groups in total.